The summed E-state index contributed by atoms with van der Waals surface area (Å²) in [6, 6.07) is 17.1. The van der Waals surface area contributed by atoms with Crippen LogP contribution < -0.4 is 4.90 Å². The summed E-state index contributed by atoms with van der Waals surface area (Å²) in [5, 5.41) is 0. The smallest absolute Gasteiger partial charge is 0.134 e. The third kappa shape index (κ3) is 3.80. The van der Waals surface area contributed by atoms with E-state index in [-0.39, 0.29) is 0 Å². The predicted molar refractivity (Wildman–Crippen MR) is 82.8 cm³/mol. The van der Waals surface area contributed by atoms with Crippen LogP contribution in [-0.2, 0) is 0 Å². The van der Waals surface area contributed by atoms with Crippen LogP contribution in [0.2, 0.25) is 0 Å². The zero-order valence-electron chi connectivity index (χ0n) is 12.0. The van der Waals surface area contributed by atoms with Crippen LogP contribution in [0.5, 0.6) is 0 Å². The molecule has 1 unspecified atom stereocenters. The van der Waals surface area contributed by atoms with Crippen LogP contribution in [-0.4, -0.2) is 13.6 Å². The van der Waals surface area contributed by atoms with Crippen molar-refractivity contribution >= 4 is 11.8 Å². The van der Waals surface area contributed by atoms with Crippen molar-refractivity contribution in [3.8, 4) is 0 Å². The summed E-state index contributed by atoms with van der Waals surface area (Å²) in [6.45, 7) is 5.33. The second kappa shape index (κ2) is 6.35. The molecule has 0 saturated heterocycles. The summed E-state index contributed by atoms with van der Waals surface area (Å²) in [5.41, 5.74) is 5.33. The van der Waals surface area contributed by atoms with Gasteiger partial charge in [-0.25, -0.2) is 0 Å². The van der Waals surface area contributed by atoms with Crippen molar-refractivity contribution < 1.29 is 4.90 Å². The number of hydrogen-bond donors (Lipinski definition) is 1. The normalized spacial score (nSPS) is 12.8. The minimum Gasteiger partial charge on any atom is -0.301 e. The van der Waals surface area contributed by atoms with Crippen molar-refractivity contribution in [2.24, 2.45) is 0 Å². The molecule has 0 bridgehead atoms. The van der Waals surface area contributed by atoms with E-state index in [4.69, 9.17) is 0 Å². The highest BCUT2D eigenvalue weighted by molar-refractivity contribution is 5.48. The van der Waals surface area contributed by atoms with Gasteiger partial charge in [-0.1, -0.05) is 54.1 Å². The molecular weight excluding hydrogens is 230 g/mol. The highest BCUT2D eigenvalue weighted by atomic mass is 15.1. The fourth-order valence-electron chi connectivity index (χ4n) is 2.34. The Hall–Kier alpha value is -1.86. The van der Waals surface area contributed by atoms with Crippen LogP contribution in [0, 0.1) is 13.8 Å². The lowest BCUT2D eigenvalue weighted by molar-refractivity contribution is -0.803. The molecule has 0 amide bonds. The van der Waals surface area contributed by atoms with Gasteiger partial charge in [0.15, 0.2) is 0 Å². The van der Waals surface area contributed by atoms with Gasteiger partial charge in [0.05, 0.1) is 7.05 Å². The molecule has 2 aromatic carbocycles. The molecule has 0 radical (unpaired) electrons. The first-order chi connectivity index (χ1) is 9.16. The first kappa shape index (κ1) is 13.6. The SMILES string of the molecule is Cc1ccc([NH+](C)C/C=C/c2ccccc2)c(C)c1. The number of likely N-dealkylation sites (N-methyl/N-ethyl adjacent to an activating group) is 1. The molecule has 2 rings (SSSR count). The van der Waals surface area contributed by atoms with Gasteiger partial charge in [-0.05, 0) is 31.6 Å². The molecule has 0 aromatic heterocycles. The Bertz CT molecular complexity index is 555. The van der Waals surface area contributed by atoms with Crippen LogP contribution in [0.15, 0.2) is 54.6 Å². The van der Waals surface area contributed by atoms with Gasteiger partial charge in [0.25, 0.3) is 0 Å². The van der Waals surface area contributed by atoms with E-state index >= 15 is 0 Å². The maximum Gasteiger partial charge on any atom is 0.134 e. The Morgan fingerprint density at radius 2 is 1.74 bits per heavy atom. The highest BCUT2D eigenvalue weighted by Gasteiger charge is 2.07. The van der Waals surface area contributed by atoms with Crippen LogP contribution in [0.1, 0.15) is 16.7 Å². The van der Waals surface area contributed by atoms with Crippen LogP contribution >= 0.6 is 0 Å². The molecule has 0 spiro atoms. The standard InChI is InChI=1S/C18H21N/c1-15-11-12-18(16(2)14-15)19(3)13-7-10-17-8-5-4-6-9-17/h4-12,14H,13H2,1-3H3/p+1/b10-7+. The summed E-state index contributed by atoms with van der Waals surface area (Å²) in [5.74, 6) is 0. The fraction of sp³-hybridized carbons (Fsp3) is 0.222. The van der Waals surface area contributed by atoms with E-state index in [0.717, 1.165) is 6.54 Å². The molecule has 1 heteroatoms. The monoisotopic (exact) mass is 252 g/mol. The topological polar surface area (TPSA) is 4.44 Å². The largest absolute Gasteiger partial charge is 0.301 e. The third-order valence-corrected chi connectivity index (χ3v) is 3.38. The number of nitrogens with one attached hydrogen (secondary N) is 1. The first-order valence-corrected chi connectivity index (χ1v) is 6.78. The maximum absolute atomic E-state index is 2.25. The van der Waals surface area contributed by atoms with Crippen LogP contribution in [0.4, 0.5) is 5.69 Å². The van der Waals surface area contributed by atoms with E-state index in [0.29, 0.717) is 0 Å². The average molecular weight is 252 g/mol. The van der Waals surface area contributed by atoms with E-state index in [9.17, 15) is 0 Å². The number of aryl methyl sites for hydroxylation is 2. The molecule has 1 N–H and O–H groups in total. The van der Waals surface area contributed by atoms with Crippen molar-refractivity contribution in [1.82, 2.24) is 0 Å². The lowest BCUT2D eigenvalue weighted by Gasteiger charge is -2.14. The van der Waals surface area contributed by atoms with Gasteiger partial charge >= 0.3 is 0 Å². The van der Waals surface area contributed by atoms with E-state index < -0.39 is 0 Å². The van der Waals surface area contributed by atoms with Gasteiger partial charge in [0.2, 0.25) is 0 Å². The summed E-state index contributed by atoms with van der Waals surface area (Å²) in [4.78, 5) is 1.42. The summed E-state index contributed by atoms with van der Waals surface area (Å²) in [6.07, 6.45) is 4.43. The van der Waals surface area contributed by atoms with Crippen molar-refractivity contribution in [1.29, 1.82) is 0 Å². The summed E-state index contributed by atoms with van der Waals surface area (Å²) >= 11 is 0. The number of hydrogen-bond acceptors (Lipinski definition) is 0. The lowest BCUT2D eigenvalue weighted by atomic mass is 10.1. The second-order valence-electron chi connectivity index (χ2n) is 5.12. The molecular formula is C18H22N+. The van der Waals surface area contributed by atoms with Crippen molar-refractivity contribution in [3.63, 3.8) is 0 Å². The minimum absolute atomic E-state index is 0.999. The van der Waals surface area contributed by atoms with Crippen LogP contribution in [0.3, 0.4) is 0 Å². The minimum atomic E-state index is 0.999. The lowest BCUT2D eigenvalue weighted by Crippen LogP contribution is -3.03. The van der Waals surface area contributed by atoms with E-state index in [1.807, 2.05) is 6.07 Å². The Morgan fingerprint density at radius 1 is 1.00 bits per heavy atom. The molecule has 0 aliphatic rings. The van der Waals surface area contributed by atoms with Crippen molar-refractivity contribution in [2.75, 3.05) is 13.6 Å². The van der Waals surface area contributed by atoms with Crippen molar-refractivity contribution in [2.45, 2.75) is 13.8 Å². The fourth-order valence-corrected chi connectivity index (χ4v) is 2.34. The van der Waals surface area contributed by atoms with E-state index in [2.05, 4.69) is 75.5 Å². The van der Waals surface area contributed by atoms with E-state index in [1.165, 1.54) is 27.3 Å². The average Bonchev–Trinajstić information content (AvgIpc) is 2.39. The predicted octanol–water partition coefficient (Wildman–Crippen LogP) is 3.16. The Balaban J connectivity index is 2.01. The Labute approximate surface area is 116 Å². The van der Waals surface area contributed by atoms with Gasteiger partial charge in [0, 0.05) is 5.56 Å². The molecule has 0 aliphatic carbocycles. The quantitative estimate of drug-likeness (QED) is 0.852. The Morgan fingerprint density at radius 3 is 2.42 bits per heavy atom. The second-order valence-corrected chi connectivity index (χ2v) is 5.12. The molecule has 98 valence electrons. The zero-order chi connectivity index (χ0) is 13.7. The molecule has 1 atom stereocenters. The van der Waals surface area contributed by atoms with Crippen molar-refractivity contribution in [3.05, 3.63) is 71.3 Å². The van der Waals surface area contributed by atoms with Gasteiger partial charge in [0.1, 0.15) is 12.2 Å². The van der Waals surface area contributed by atoms with Gasteiger partial charge in [-0.15, -0.1) is 0 Å². The molecule has 2 aromatic rings. The third-order valence-electron chi connectivity index (χ3n) is 3.38. The molecule has 1 nitrogen and oxygen atoms in total. The van der Waals surface area contributed by atoms with E-state index in [1.54, 1.807) is 0 Å². The highest BCUT2D eigenvalue weighted by Crippen LogP contribution is 2.11. The van der Waals surface area contributed by atoms with Crippen LogP contribution in [0.25, 0.3) is 6.08 Å². The van der Waals surface area contributed by atoms with Gasteiger partial charge < -0.3 is 4.90 Å². The van der Waals surface area contributed by atoms with Gasteiger partial charge in [-0.2, -0.15) is 0 Å². The summed E-state index contributed by atoms with van der Waals surface area (Å²) < 4.78 is 0. The molecule has 0 aliphatic heterocycles. The van der Waals surface area contributed by atoms with Gasteiger partial charge in [-0.3, -0.25) is 0 Å². The molecule has 0 saturated carbocycles. The summed E-state index contributed by atoms with van der Waals surface area (Å²) in [7, 11) is 2.22. The number of benzene rings is 2. The number of rotatable bonds is 4. The molecule has 19 heavy (non-hydrogen) atoms. The molecule has 0 heterocycles. The first-order valence-electron chi connectivity index (χ1n) is 6.78. The maximum atomic E-state index is 2.25. The Kier molecular flexibility index (Phi) is 4.53. The zero-order valence-corrected chi connectivity index (χ0v) is 12.0. The molecule has 0 fully saturated rings. The number of quaternary nitrogens is 1.